The fraction of sp³-hybridized carbons (Fsp3) is 0.385. The summed E-state index contributed by atoms with van der Waals surface area (Å²) in [6, 6.07) is 10.3. The summed E-state index contributed by atoms with van der Waals surface area (Å²) in [5.74, 6) is 0.311. The molecule has 0 unspecified atom stereocenters. The van der Waals surface area contributed by atoms with Gasteiger partial charge in [0.05, 0.1) is 12.4 Å². The molecule has 2 nitrogen and oxygen atoms in total. The molecule has 0 aliphatic carbocycles. The van der Waals surface area contributed by atoms with Crippen LogP contribution < -0.4 is 0 Å². The number of benzene rings is 1. The first-order valence-electron chi connectivity index (χ1n) is 5.32. The van der Waals surface area contributed by atoms with E-state index in [-0.39, 0.29) is 12.2 Å². The minimum atomic E-state index is -0.366. The first kappa shape index (κ1) is 10.2. The molecular formula is C13H16O2. The van der Waals surface area contributed by atoms with Gasteiger partial charge in [-0.05, 0) is 11.6 Å². The van der Waals surface area contributed by atoms with E-state index in [0.29, 0.717) is 12.3 Å². The van der Waals surface area contributed by atoms with E-state index in [1.807, 2.05) is 18.2 Å². The third-order valence-corrected chi connectivity index (χ3v) is 2.91. The fourth-order valence-electron chi connectivity index (χ4n) is 1.90. The van der Waals surface area contributed by atoms with Crippen LogP contribution in [0, 0.1) is 0 Å². The molecule has 1 aliphatic rings. The van der Waals surface area contributed by atoms with Gasteiger partial charge in [-0.25, -0.2) is 0 Å². The fourth-order valence-corrected chi connectivity index (χ4v) is 1.90. The zero-order valence-corrected chi connectivity index (χ0v) is 8.84. The molecule has 80 valence electrons. The summed E-state index contributed by atoms with van der Waals surface area (Å²) < 4.78 is 5.52. The summed E-state index contributed by atoms with van der Waals surface area (Å²) in [7, 11) is 0. The Labute approximate surface area is 90.2 Å². The van der Waals surface area contributed by atoms with Crippen molar-refractivity contribution < 1.29 is 9.84 Å². The van der Waals surface area contributed by atoms with Crippen molar-refractivity contribution in [2.45, 2.75) is 31.5 Å². The third-order valence-electron chi connectivity index (χ3n) is 2.91. The normalized spacial score (nSPS) is 27.1. The van der Waals surface area contributed by atoms with E-state index in [9.17, 15) is 5.11 Å². The van der Waals surface area contributed by atoms with Gasteiger partial charge in [-0.15, -0.1) is 0 Å². The maximum atomic E-state index is 9.51. The van der Waals surface area contributed by atoms with Gasteiger partial charge < -0.3 is 9.84 Å². The van der Waals surface area contributed by atoms with Crippen molar-refractivity contribution >= 4 is 0 Å². The van der Waals surface area contributed by atoms with Gasteiger partial charge in [0.2, 0.25) is 0 Å². The molecule has 2 heteroatoms. The van der Waals surface area contributed by atoms with E-state index in [1.54, 1.807) is 12.3 Å². The van der Waals surface area contributed by atoms with Crippen LogP contribution in [0.1, 0.15) is 24.8 Å². The molecule has 3 atom stereocenters. The molecule has 0 fully saturated rings. The van der Waals surface area contributed by atoms with Crippen LogP contribution in [0.25, 0.3) is 0 Å². The highest BCUT2D eigenvalue weighted by atomic mass is 16.5. The highest BCUT2D eigenvalue weighted by Crippen LogP contribution is 2.26. The summed E-state index contributed by atoms with van der Waals surface area (Å²) in [6.45, 7) is 2.13. The molecule has 0 radical (unpaired) electrons. The van der Waals surface area contributed by atoms with Gasteiger partial charge in [-0.3, -0.25) is 0 Å². The van der Waals surface area contributed by atoms with Gasteiger partial charge in [0.15, 0.2) is 0 Å². The monoisotopic (exact) mass is 204 g/mol. The van der Waals surface area contributed by atoms with Gasteiger partial charge in [-0.1, -0.05) is 37.3 Å². The van der Waals surface area contributed by atoms with Gasteiger partial charge in [0, 0.05) is 12.3 Å². The number of aliphatic hydroxyl groups excluding tert-OH is 1. The van der Waals surface area contributed by atoms with Gasteiger partial charge >= 0.3 is 0 Å². The van der Waals surface area contributed by atoms with E-state index in [2.05, 4.69) is 19.1 Å². The second-order valence-electron chi connectivity index (χ2n) is 4.01. The SMILES string of the molecule is C[C@@H](c1ccccc1)[C@H]1C[C@@H](O)C=CO1. The van der Waals surface area contributed by atoms with E-state index < -0.39 is 0 Å². The second kappa shape index (κ2) is 4.49. The molecule has 2 rings (SSSR count). The summed E-state index contributed by atoms with van der Waals surface area (Å²) in [5, 5.41) is 9.51. The maximum Gasteiger partial charge on any atom is 0.107 e. The van der Waals surface area contributed by atoms with E-state index >= 15 is 0 Å². The maximum absolute atomic E-state index is 9.51. The quantitative estimate of drug-likeness (QED) is 0.801. The zero-order chi connectivity index (χ0) is 10.7. The lowest BCUT2D eigenvalue weighted by Gasteiger charge is -2.28. The molecule has 0 aromatic heterocycles. The molecule has 0 bridgehead atoms. The highest BCUT2D eigenvalue weighted by molar-refractivity contribution is 5.20. The molecule has 15 heavy (non-hydrogen) atoms. The van der Waals surface area contributed by atoms with E-state index in [4.69, 9.17) is 4.74 Å². The van der Waals surface area contributed by atoms with Gasteiger partial charge in [-0.2, -0.15) is 0 Å². The number of rotatable bonds is 2. The van der Waals surface area contributed by atoms with Crippen LogP contribution in [0.2, 0.25) is 0 Å². The molecule has 1 aromatic carbocycles. The first-order valence-corrected chi connectivity index (χ1v) is 5.32. The largest absolute Gasteiger partial charge is 0.498 e. The topological polar surface area (TPSA) is 29.5 Å². The first-order chi connectivity index (χ1) is 7.27. The molecule has 0 saturated carbocycles. The highest BCUT2D eigenvalue weighted by Gasteiger charge is 2.24. The second-order valence-corrected chi connectivity index (χ2v) is 4.01. The van der Waals surface area contributed by atoms with E-state index in [0.717, 1.165) is 0 Å². The summed E-state index contributed by atoms with van der Waals surface area (Å²) in [5.41, 5.74) is 1.25. The van der Waals surface area contributed by atoms with Crippen LogP contribution in [0.3, 0.4) is 0 Å². The minimum Gasteiger partial charge on any atom is -0.498 e. The molecule has 1 aromatic rings. The summed E-state index contributed by atoms with van der Waals surface area (Å²) in [4.78, 5) is 0. The van der Waals surface area contributed by atoms with Gasteiger partial charge in [0.1, 0.15) is 6.10 Å². The Hall–Kier alpha value is -1.28. The van der Waals surface area contributed by atoms with Crippen molar-refractivity contribution in [3.8, 4) is 0 Å². The van der Waals surface area contributed by atoms with Crippen molar-refractivity contribution in [1.82, 2.24) is 0 Å². The Balaban J connectivity index is 2.08. The lowest BCUT2D eigenvalue weighted by atomic mass is 9.91. The Bertz CT molecular complexity index is 332. The Morgan fingerprint density at radius 3 is 2.73 bits per heavy atom. The van der Waals surface area contributed by atoms with Crippen LogP contribution in [0.4, 0.5) is 0 Å². The minimum absolute atomic E-state index is 0.0763. The smallest absolute Gasteiger partial charge is 0.107 e. The predicted molar refractivity (Wildman–Crippen MR) is 59.5 cm³/mol. The van der Waals surface area contributed by atoms with Crippen molar-refractivity contribution in [2.75, 3.05) is 0 Å². The molecule has 0 amide bonds. The van der Waals surface area contributed by atoms with Crippen LogP contribution in [0.5, 0.6) is 0 Å². The van der Waals surface area contributed by atoms with Crippen LogP contribution >= 0.6 is 0 Å². The van der Waals surface area contributed by atoms with Crippen molar-refractivity contribution in [1.29, 1.82) is 0 Å². The Morgan fingerprint density at radius 2 is 2.07 bits per heavy atom. The lowest BCUT2D eigenvalue weighted by molar-refractivity contribution is 0.0502. The zero-order valence-electron chi connectivity index (χ0n) is 8.84. The van der Waals surface area contributed by atoms with Gasteiger partial charge in [0.25, 0.3) is 0 Å². The molecule has 1 N–H and O–H groups in total. The lowest BCUT2D eigenvalue weighted by Crippen LogP contribution is -2.26. The van der Waals surface area contributed by atoms with Crippen molar-refractivity contribution in [3.63, 3.8) is 0 Å². The Morgan fingerprint density at radius 1 is 1.33 bits per heavy atom. The van der Waals surface area contributed by atoms with Crippen LogP contribution in [0.15, 0.2) is 42.7 Å². The molecule has 0 saturated heterocycles. The van der Waals surface area contributed by atoms with E-state index in [1.165, 1.54) is 5.56 Å². The van der Waals surface area contributed by atoms with Crippen molar-refractivity contribution in [3.05, 3.63) is 48.2 Å². The number of hydrogen-bond donors (Lipinski definition) is 1. The third kappa shape index (κ3) is 2.39. The average Bonchev–Trinajstić information content (AvgIpc) is 2.29. The predicted octanol–water partition coefficient (Wildman–Crippen LogP) is 2.45. The average molecular weight is 204 g/mol. The molecular weight excluding hydrogens is 188 g/mol. The summed E-state index contributed by atoms with van der Waals surface area (Å²) in [6.07, 6.45) is 3.68. The standard InChI is InChI=1S/C13H16O2/c1-10(11-5-3-2-4-6-11)13-9-12(14)7-8-15-13/h2-8,10,12-14H,9H2,1H3/t10-,12-,13+/m0/s1. The molecule has 1 heterocycles. The molecule has 0 spiro atoms. The van der Waals surface area contributed by atoms with Crippen molar-refractivity contribution in [2.24, 2.45) is 0 Å². The number of hydrogen-bond acceptors (Lipinski definition) is 2. The molecule has 1 aliphatic heterocycles. The number of ether oxygens (including phenoxy) is 1. The summed E-state index contributed by atoms with van der Waals surface area (Å²) >= 11 is 0. The Kier molecular flexibility index (Phi) is 3.07. The van der Waals surface area contributed by atoms with Crippen LogP contribution in [-0.4, -0.2) is 17.3 Å². The number of aliphatic hydroxyl groups is 1. The van der Waals surface area contributed by atoms with Crippen LogP contribution in [-0.2, 0) is 4.74 Å².